The molecule has 0 radical (unpaired) electrons. The number of aromatic hydroxyl groups is 1. The molecular formula is C24H28N4O4. The molecule has 5 rings (SSSR count). The summed E-state index contributed by atoms with van der Waals surface area (Å²) >= 11 is 0. The number of carbonyl (C=O) groups is 1. The van der Waals surface area contributed by atoms with E-state index in [0.717, 1.165) is 60.1 Å². The number of ether oxygens (including phenoxy) is 1. The Kier molecular flexibility index (Phi) is 5.38. The summed E-state index contributed by atoms with van der Waals surface area (Å²) in [6, 6.07) is 11.5. The number of likely N-dealkylation sites (tertiary alicyclic amines) is 1. The number of fused-ring (bicyclic) bond motifs is 1. The third-order valence-corrected chi connectivity index (χ3v) is 6.49. The normalized spacial score (nSPS) is 19.2. The summed E-state index contributed by atoms with van der Waals surface area (Å²) in [4.78, 5) is 14.8. The lowest BCUT2D eigenvalue weighted by atomic mass is 9.98. The maximum atomic E-state index is 11.1. The van der Waals surface area contributed by atoms with E-state index in [-0.39, 0.29) is 12.0 Å². The molecular weight excluding hydrogens is 408 g/mol. The van der Waals surface area contributed by atoms with Gasteiger partial charge in [0.2, 0.25) is 0 Å². The molecule has 1 unspecified atom stereocenters. The average molecular weight is 437 g/mol. The summed E-state index contributed by atoms with van der Waals surface area (Å²) in [5.41, 5.74) is 4.13. The Morgan fingerprint density at radius 3 is 2.66 bits per heavy atom. The van der Waals surface area contributed by atoms with Gasteiger partial charge in [-0.3, -0.25) is 0 Å². The van der Waals surface area contributed by atoms with Crippen molar-refractivity contribution < 1.29 is 19.7 Å². The largest absolute Gasteiger partial charge is 0.508 e. The van der Waals surface area contributed by atoms with E-state index in [1.54, 1.807) is 12.1 Å². The van der Waals surface area contributed by atoms with Crippen molar-refractivity contribution in [2.75, 3.05) is 38.2 Å². The molecule has 0 bridgehead atoms. The lowest BCUT2D eigenvalue weighted by molar-refractivity contribution is -0.0366. The minimum atomic E-state index is -0.852. The monoisotopic (exact) mass is 436 g/mol. The molecule has 1 aromatic heterocycles. The maximum Gasteiger partial charge on any atom is 0.407 e. The van der Waals surface area contributed by atoms with Gasteiger partial charge in [0.05, 0.1) is 11.7 Å². The van der Waals surface area contributed by atoms with Gasteiger partial charge in [-0.15, -0.1) is 0 Å². The number of carboxylic acid groups (broad SMARTS) is 1. The number of phenolic OH excluding ortho intramolecular Hbond substituents is 1. The molecule has 1 amide bonds. The fourth-order valence-electron chi connectivity index (χ4n) is 4.74. The van der Waals surface area contributed by atoms with Crippen LogP contribution in [0.4, 0.5) is 10.5 Å². The van der Waals surface area contributed by atoms with Crippen molar-refractivity contribution in [2.24, 2.45) is 5.92 Å². The van der Waals surface area contributed by atoms with Gasteiger partial charge in [-0.2, -0.15) is 5.10 Å². The van der Waals surface area contributed by atoms with Gasteiger partial charge in [0, 0.05) is 50.3 Å². The highest BCUT2D eigenvalue weighted by Gasteiger charge is 2.31. The minimum Gasteiger partial charge on any atom is -0.508 e. The van der Waals surface area contributed by atoms with Crippen LogP contribution in [0.2, 0.25) is 0 Å². The number of amides is 1. The van der Waals surface area contributed by atoms with Crippen molar-refractivity contribution in [3.05, 3.63) is 42.6 Å². The van der Waals surface area contributed by atoms with E-state index in [1.165, 1.54) is 4.90 Å². The van der Waals surface area contributed by atoms with Crippen LogP contribution >= 0.6 is 0 Å². The van der Waals surface area contributed by atoms with Gasteiger partial charge in [-0.25, -0.2) is 9.48 Å². The first-order chi connectivity index (χ1) is 15.5. The van der Waals surface area contributed by atoms with E-state index < -0.39 is 6.09 Å². The first-order valence-corrected chi connectivity index (χ1v) is 11.1. The number of hydrogen-bond donors (Lipinski definition) is 2. The van der Waals surface area contributed by atoms with Gasteiger partial charge < -0.3 is 24.7 Å². The highest BCUT2D eigenvalue weighted by Crippen LogP contribution is 2.36. The van der Waals surface area contributed by atoms with Gasteiger partial charge in [-0.05, 0) is 54.7 Å². The summed E-state index contributed by atoms with van der Waals surface area (Å²) in [5.74, 6) is 0.543. The smallest absolute Gasteiger partial charge is 0.407 e. The molecule has 2 saturated heterocycles. The van der Waals surface area contributed by atoms with Gasteiger partial charge >= 0.3 is 6.09 Å². The molecule has 3 aromatic rings. The second-order valence-corrected chi connectivity index (χ2v) is 8.82. The predicted octanol–water partition coefficient (Wildman–Crippen LogP) is 4.15. The van der Waals surface area contributed by atoms with Crippen molar-refractivity contribution in [1.29, 1.82) is 0 Å². The molecule has 2 N–H and O–H groups in total. The topological polar surface area (TPSA) is 91.1 Å². The van der Waals surface area contributed by atoms with Crippen LogP contribution in [-0.2, 0) is 4.74 Å². The maximum absolute atomic E-state index is 11.1. The molecule has 32 heavy (non-hydrogen) atoms. The molecule has 0 spiro atoms. The van der Waals surface area contributed by atoms with Crippen LogP contribution in [0.1, 0.15) is 25.5 Å². The molecule has 2 aliphatic heterocycles. The van der Waals surface area contributed by atoms with Crippen molar-refractivity contribution >= 4 is 22.7 Å². The summed E-state index contributed by atoms with van der Waals surface area (Å²) in [7, 11) is 2.05. The van der Waals surface area contributed by atoms with Crippen molar-refractivity contribution in [3.63, 3.8) is 0 Å². The first kappa shape index (κ1) is 20.6. The van der Waals surface area contributed by atoms with Crippen molar-refractivity contribution in [2.45, 2.75) is 25.5 Å². The van der Waals surface area contributed by atoms with Crippen LogP contribution in [0.5, 0.6) is 5.75 Å². The Hall–Kier alpha value is -3.26. The second kappa shape index (κ2) is 8.35. The Morgan fingerprint density at radius 1 is 1.19 bits per heavy atom. The Balaban J connectivity index is 1.52. The zero-order valence-corrected chi connectivity index (χ0v) is 18.1. The summed E-state index contributed by atoms with van der Waals surface area (Å²) in [6.45, 7) is 2.65. The predicted molar refractivity (Wildman–Crippen MR) is 122 cm³/mol. The van der Waals surface area contributed by atoms with E-state index in [9.17, 15) is 9.90 Å². The first-order valence-electron chi connectivity index (χ1n) is 11.1. The summed E-state index contributed by atoms with van der Waals surface area (Å²) in [6.07, 6.45) is 4.14. The third kappa shape index (κ3) is 3.86. The van der Waals surface area contributed by atoms with Gasteiger partial charge in [0.1, 0.15) is 5.75 Å². The molecule has 1 atom stereocenters. The Bertz CT molecular complexity index is 1110. The summed E-state index contributed by atoms with van der Waals surface area (Å²) in [5, 5.41) is 24.6. The lowest BCUT2D eigenvalue weighted by Gasteiger charge is -2.39. The van der Waals surface area contributed by atoms with Crippen LogP contribution in [0.15, 0.2) is 42.6 Å². The van der Waals surface area contributed by atoms with Crippen LogP contribution in [0.25, 0.3) is 22.0 Å². The highest BCUT2D eigenvalue weighted by molar-refractivity contribution is 5.96. The number of anilines is 1. The van der Waals surface area contributed by atoms with E-state index >= 15 is 0 Å². The zero-order chi connectivity index (χ0) is 22.2. The van der Waals surface area contributed by atoms with Crippen molar-refractivity contribution in [3.8, 4) is 16.9 Å². The zero-order valence-electron chi connectivity index (χ0n) is 18.1. The van der Waals surface area contributed by atoms with Crippen LogP contribution < -0.4 is 4.90 Å². The number of nitrogens with zero attached hydrogens (tertiary/aromatic N) is 4. The Morgan fingerprint density at radius 2 is 1.97 bits per heavy atom. The van der Waals surface area contributed by atoms with Crippen LogP contribution in [0.3, 0.4) is 0 Å². The third-order valence-electron chi connectivity index (χ3n) is 6.49. The molecule has 2 fully saturated rings. The molecule has 8 heteroatoms. The number of aromatic nitrogens is 2. The molecule has 168 valence electrons. The summed E-state index contributed by atoms with van der Waals surface area (Å²) < 4.78 is 8.00. The molecule has 3 heterocycles. The minimum absolute atomic E-state index is 0.0646. The number of phenols is 1. The molecule has 2 aromatic carbocycles. The number of benzene rings is 2. The molecule has 8 nitrogen and oxygen atoms in total. The van der Waals surface area contributed by atoms with Gasteiger partial charge in [0.25, 0.3) is 0 Å². The number of hydrogen-bond acceptors (Lipinski definition) is 5. The highest BCUT2D eigenvalue weighted by atomic mass is 16.5. The second-order valence-electron chi connectivity index (χ2n) is 8.82. The molecule has 0 aliphatic carbocycles. The molecule has 2 aliphatic rings. The van der Waals surface area contributed by atoms with Crippen LogP contribution in [-0.4, -0.2) is 64.3 Å². The fourth-order valence-corrected chi connectivity index (χ4v) is 4.74. The fraction of sp³-hybridized carbons (Fsp3) is 0.417. The van der Waals surface area contributed by atoms with E-state index in [0.29, 0.717) is 19.0 Å². The standard InChI is InChI=1S/C24H28N4O4/c1-26(13-16-14-27(15-16)24(30)31)21-10-18(17-5-7-19(29)8-6-17)11-22-20(21)12-25-28(22)23-4-2-3-9-32-23/h5-8,10-12,16,23,29H,2-4,9,13-15H2,1H3,(H,30,31). The quantitative estimate of drug-likeness (QED) is 0.624. The van der Waals surface area contributed by atoms with E-state index in [4.69, 9.17) is 14.9 Å². The van der Waals surface area contributed by atoms with Crippen molar-refractivity contribution in [1.82, 2.24) is 14.7 Å². The van der Waals surface area contributed by atoms with Crippen LogP contribution in [0, 0.1) is 5.92 Å². The molecule has 0 saturated carbocycles. The average Bonchev–Trinajstić information content (AvgIpc) is 3.20. The number of rotatable bonds is 5. The lowest BCUT2D eigenvalue weighted by Crippen LogP contribution is -2.53. The van der Waals surface area contributed by atoms with E-state index in [2.05, 4.69) is 17.0 Å². The SMILES string of the molecule is CN(CC1CN(C(=O)O)C1)c1cc(-c2ccc(O)cc2)cc2c1cnn2C1CCCCO1. The van der Waals surface area contributed by atoms with Gasteiger partial charge in [-0.1, -0.05) is 12.1 Å². The Labute approximate surface area is 186 Å². The van der Waals surface area contributed by atoms with Gasteiger partial charge in [0.15, 0.2) is 6.23 Å². The van der Waals surface area contributed by atoms with E-state index in [1.807, 2.05) is 30.1 Å².